The number of carbonyl (C=O) groups is 3. The number of hydrogen-bond donors (Lipinski definition) is 5. The number of fused-ring (bicyclic) bond motifs is 1. The van der Waals surface area contributed by atoms with Crippen molar-refractivity contribution in [1.82, 2.24) is 15.6 Å². The zero-order valence-corrected chi connectivity index (χ0v) is 16.2. The van der Waals surface area contributed by atoms with Crippen molar-refractivity contribution in [3.05, 3.63) is 59.9 Å². The molecule has 1 aromatic heterocycles. The Bertz CT molecular complexity index is 1130. The normalized spacial score (nSPS) is 10.5. The highest BCUT2D eigenvalue weighted by Crippen LogP contribution is 2.33. The van der Waals surface area contributed by atoms with Gasteiger partial charge in [-0.2, -0.15) is 0 Å². The minimum atomic E-state index is -1.23. The average molecular weight is 425 g/mol. The summed E-state index contributed by atoms with van der Waals surface area (Å²) < 4.78 is 5.75. The average Bonchev–Trinajstić information content (AvgIpc) is 2.77. The van der Waals surface area contributed by atoms with Crippen LogP contribution < -0.4 is 15.4 Å². The zero-order valence-electron chi connectivity index (χ0n) is 16.2. The Balaban J connectivity index is 1.84. The lowest BCUT2D eigenvalue weighted by Crippen LogP contribution is -2.39. The first kappa shape index (κ1) is 21.5. The predicted molar refractivity (Wildman–Crippen MR) is 109 cm³/mol. The molecule has 0 spiro atoms. The lowest BCUT2D eigenvalue weighted by molar-refractivity contribution is -0.137. The van der Waals surface area contributed by atoms with E-state index < -0.39 is 43.2 Å². The lowest BCUT2D eigenvalue weighted by atomic mass is 10.1. The number of rotatable bonds is 8. The van der Waals surface area contributed by atoms with E-state index in [1.165, 1.54) is 6.07 Å². The van der Waals surface area contributed by atoms with Gasteiger partial charge in [-0.15, -0.1) is 0 Å². The summed E-state index contributed by atoms with van der Waals surface area (Å²) in [5.74, 6) is -2.19. The van der Waals surface area contributed by atoms with Crippen molar-refractivity contribution < 1.29 is 34.4 Å². The van der Waals surface area contributed by atoms with E-state index in [9.17, 15) is 24.6 Å². The molecule has 0 radical (unpaired) electrons. The smallest absolute Gasteiger partial charge is 0.322 e. The van der Waals surface area contributed by atoms with Gasteiger partial charge >= 0.3 is 5.97 Å². The first-order valence-corrected chi connectivity index (χ1v) is 9.15. The molecule has 31 heavy (non-hydrogen) atoms. The Hall–Kier alpha value is -4.18. The van der Waals surface area contributed by atoms with Gasteiger partial charge in [0.25, 0.3) is 5.91 Å². The number of benzene rings is 2. The number of ether oxygens (including phenoxy) is 1. The van der Waals surface area contributed by atoms with Crippen LogP contribution >= 0.6 is 0 Å². The molecular weight excluding hydrogens is 406 g/mol. The van der Waals surface area contributed by atoms with Crippen molar-refractivity contribution in [2.45, 2.75) is 6.61 Å². The largest absolute Gasteiger partial charge is 0.505 e. The van der Waals surface area contributed by atoms with Gasteiger partial charge in [-0.3, -0.25) is 14.4 Å². The van der Waals surface area contributed by atoms with Crippen LogP contribution in [0.25, 0.3) is 10.8 Å². The highest BCUT2D eigenvalue weighted by Gasteiger charge is 2.20. The molecule has 0 saturated heterocycles. The first-order valence-electron chi connectivity index (χ1n) is 9.15. The van der Waals surface area contributed by atoms with Gasteiger partial charge in [-0.05, 0) is 30.3 Å². The molecule has 0 atom stereocenters. The molecule has 2 amide bonds. The number of aliphatic hydroxyl groups excluding tert-OH is 1. The second-order valence-electron chi connectivity index (χ2n) is 6.39. The number of aliphatic carboxylic acids is 1. The molecule has 0 aliphatic carbocycles. The number of pyridine rings is 1. The van der Waals surface area contributed by atoms with Gasteiger partial charge < -0.3 is 30.7 Å². The van der Waals surface area contributed by atoms with Gasteiger partial charge in [0, 0.05) is 10.8 Å². The second-order valence-corrected chi connectivity index (χ2v) is 6.39. The summed E-state index contributed by atoms with van der Waals surface area (Å²) in [5.41, 5.74) is -0.244. The van der Waals surface area contributed by atoms with Crippen molar-refractivity contribution in [1.29, 1.82) is 0 Å². The van der Waals surface area contributed by atoms with Crippen LogP contribution in [0, 0.1) is 0 Å². The SMILES string of the molecule is O=C(O)CNC(=O)CNC(=O)c1nc(CO)c2cc(Oc3ccccc3)ccc2c1O. The van der Waals surface area contributed by atoms with Crippen LogP contribution in [0.2, 0.25) is 0 Å². The van der Waals surface area contributed by atoms with Crippen molar-refractivity contribution in [2.75, 3.05) is 13.1 Å². The number of aromatic hydroxyl groups is 1. The Morgan fingerprint density at radius 2 is 1.68 bits per heavy atom. The Kier molecular flexibility index (Phi) is 6.63. The molecule has 0 aliphatic rings. The fraction of sp³-hybridized carbons (Fsp3) is 0.143. The topological polar surface area (TPSA) is 158 Å². The number of nitrogens with zero attached hydrogens (tertiary/aromatic N) is 1. The maximum absolute atomic E-state index is 12.4. The molecule has 10 nitrogen and oxygen atoms in total. The Labute approximate surface area is 176 Å². The van der Waals surface area contributed by atoms with Crippen molar-refractivity contribution in [3.8, 4) is 17.2 Å². The van der Waals surface area contributed by atoms with E-state index in [2.05, 4.69) is 15.6 Å². The molecule has 0 unspecified atom stereocenters. The number of carboxylic acid groups (broad SMARTS) is 1. The quantitative estimate of drug-likeness (QED) is 0.360. The van der Waals surface area contributed by atoms with E-state index in [1.54, 1.807) is 24.3 Å². The molecule has 5 N–H and O–H groups in total. The number of amides is 2. The standard InChI is InChI=1S/C21H19N3O7/c25-11-16-15-8-13(31-12-4-2-1-3-5-12)6-7-14(15)20(29)19(24-16)21(30)23-9-17(26)22-10-18(27)28/h1-8,25,29H,9-11H2,(H,22,26)(H,23,30)(H,27,28). The molecule has 0 aliphatic heterocycles. The van der Waals surface area contributed by atoms with E-state index in [0.29, 0.717) is 16.9 Å². The summed E-state index contributed by atoms with van der Waals surface area (Å²) in [7, 11) is 0. The third kappa shape index (κ3) is 5.25. The van der Waals surface area contributed by atoms with Crippen LogP contribution in [0.1, 0.15) is 16.2 Å². The lowest BCUT2D eigenvalue weighted by Gasteiger charge is -2.13. The fourth-order valence-corrected chi connectivity index (χ4v) is 2.79. The van der Waals surface area contributed by atoms with E-state index >= 15 is 0 Å². The van der Waals surface area contributed by atoms with Gasteiger partial charge in [-0.25, -0.2) is 4.98 Å². The third-order valence-electron chi connectivity index (χ3n) is 4.22. The molecular formula is C21H19N3O7. The van der Waals surface area contributed by atoms with Crippen LogP contribution in [0.15, 0.2) is 48.5 Å². The van der Waals surface area contributed by atoms with E-state index in [0.717, 1.165) is 0 Å². The summed E-state index contributed by atoms with van der Waals surface area (Å²) >= 11 is 0. The number of para-hydroxylation sites is 1. The molecule has 3 aromatic rings. The van der Waals surface area contributed by atoms with Gasteiger partial charge in [0.15, 0.2) is 11.4 Å². The summed E-state index contributed by atoms with van der Waals surface area (Å²) in [6.07, 6.45) is 0. The highest BCUT2D eigenvalue weighted by molar-refractivity contribution is 6.03. The first-order chi connectivity index (χ1) is 14.9. The zero-order chi connectivity index (χ0) is 22.4. The molecule has 2 aromatic carbocycles. The minimum Gasteiger partial charge on any atom is -0.505 e. The second kappa shape index (κ2) is 9.55. The van der Waals surface area contributed by atoms with Crippen molar-refractivity contribution in [3.63, 3.8) is 0 Å². The number of aromatic nitrogens is 1. The maximum atomic E-state index is 12.4. The number of hydrogen-bond acceptors (Lipinski definition) is 7. The van der Waals surface area contributed by atoms with Gasteiger partial charge in [0.1, 0.15) is 18.0 Å². The highest BCUT2D eigenvalue weighted by atomic mass is 16.5. The molecule has 0 saturated carbocycles. The number of nitrogens with one attached hydrogen (secondary N) is 2. The minimum absolute atomic E-state index is 0.131. The van der Waals surface area contributed by atoms with Crippen LogP contribution in [-0.2, 0) is 16.2 Å². The summed E-state index contributed by atoms with van der Waals surface area (Å²) in [6, 6.07) is 13.7. The summed E-state index contributed by atoms with van der Waals surface area (Å²) in [6.45, 7) is -1.61. The van der Waals surface area contributed by atoms with Gasteiger partial charge in [0.2, 0.25) is 5.91 Å². The molecule has 3 rings (SSSR count). The molecule has 10 heteroatoms. The van der Waals surface area contributed by atoms with Gasteiger partial charge in [-0.1, -0.05) is 18.2 Å². The maximum Gasteiger partial charge on any atom is 0.322 e. The van der Waals surface area contributed by atoms with Crippen LogP contribution in [0.3, 0.4) is 0 Å². The molecule has 160 valence electrons. The van der Waals surface area contributed by atoms with Crippen LogP contribution in [0.5, 0.6) is 17.2 Å². The van der Waals surface area contributed by atoms with E-state index in [4.69, 9.17) is 9.84 Å². The Morgan fingerprint density at radius 1 is 0.935 bits per heavy atom. The monoisotopic (exact) mass is 425 g/mol. The molecule has 0 bridgehead atoms. The summed E-state index contributed by atoms with van der Waals surface area (Å²) in [5, 5.41) is 33.8. The van der Waals surface area contributed by atoms with E-state index in [-0.39, 0.29) is 16.8 Å². The Morgan fingerprint density at radius 3 is 2.35 bits per heavy atom. The van der Waals surface area contributed by atoms with Crippen LogP contribution in [0.4, 0.5) is 0 Å². The fourth-order valence-electron chi connectivity index (χ4n) is 2.79. The predicted octanol–water partition coefficient (Wildman–Crippen LogP) is 1.16. The number of aliphatic hydroxyl groups is 1. The third-order valence-corrected chi connectivity index (χ3v) is 4.22. The van der Waals surface area contributed by atoms with Crippen molar-refractivity contribution >= 4 is 28.6 Å². The van der Waals surface area contributed by atoms with Crippen molar-refractivity contribution in [2.24, 2.45) is 0 Å². The number of carbonyl (C=O) groups excluding carboxylic acids is 2. The summed E-state index contributed by atoms with van der Waals surface area (Å²) in [4.78, 5) is 38.4. The van der Waals surface area contributed by atoms with E-state index in [1.807, 2.05) is 18.2 Å². The number of carboxylic acids is 1. The molecule has 0 fully saturated rings. The van der Waals surface area contributed by atoms with Gasteiger partial charge in [0.05, 0.1) is 18.8 Å². The molecule has 1 heterocycles. The van der Waals surface area contributed by atoms with Crippen LogP contribution in [-0.4, -0.2) is 51.2 Å².